The van der Waals surface area contributed by atoms with Gasteiger partial charge in [0.2, 0.25) is 5.91 Å². The Morgan fingerprint density at radius 2 is 1.81 bits per heavy atom. The number of carbonyl (C=O) groups is 2. The molecule has 162 valence electrons. The van der Waals surface area contributed by atoms with Crippen LogP contribution in [0.1, 0.15) is 34.4 Å². The third kappa shape index (κ3) is 4.50. The van der Waals surface area contributed by atoms with E-state index in [-0.39, 0.29) is 11.7 Å². The van der Waals surface area contributed by atoms with Gasteiger partial charge < -0.3 is 14.3 Å². The predicted octanol–water partition coefficient (Wildman–Crippen LogP) is 5.33. The Bertz CT molecular complexity index is 1350. The summed E-state index contributed by atoms with van der Waals surface area (Å²) < 4.78 is 8.58. The predicted molar refractivity (Wildman–Crippen MR) is 129 cm³/mol. The molecule has 7 nitrogen and oxygen atoms in total. The first-order chi connectivity index (χ1) is 15.3. The molecule has 4 rings (SSSR count). The van der Waals surface area contributed by atoms with Gasteiger partial charge in [-0.25, -0.2) is 5.43 Å². The van der Waals surface area contributed by atoms with E-state index in [1.165, 1.54) is 6.92 Å². The van der Waals surface area contributed by atoms with E-state index in [0.29, 0.717) is 5.58 Å². The van der Waals surface area contributed by atoms with Crippen molar-refractivity contribution in [2.24, 2.45) is 5.10 Å². The number of hydrogen-bond donors (Lipinski definition) is 2. The van der Waals surface area contributed by atoms with Crippen molar-refractivity contribution in [2.75, 3.05) is 5.32 Å². The first kappa shape index (κ1) is 21.6. The van der Waals surface area contributed by atoms with E-state index in [2.05, 4.69) is 36.3 Å². The molecule has 0 saturated heterocycles. The molecule has 2 aromatic heterocycles. The van der Waals surface area contributed by atoms with E-state index in [4.69, 9.17) is 4.42 Å². The van der Waals surface area contributed by atoms with Crippen LogP contribution in [0.2, 0.25) is 0 Å². The lowest BCUT2D eigenvalue weighted by atomic mass is 10.2. The lowest BCUT2D eigenvalue weighted by Gasteiger charge is -2.10. The average molecular weight is 493 g/mol. The largest absolute Gasteiger partial charge is 0.451 e. The maximum Gasteiger partial charge on any atom is 0.307 e. The molecule has 32 heavy (non-hydrogen) atoms. The van der Waals surface area contributed by atoms with Crippen molar-refractivity contribution in [1.82, 2.24) is 9.99 Å². The molecule has 0 atom stereocenters. The first-order valence-corrected chi connectivity index (χ1v) is 10.7. The van der Waals surface area contributed by atoms with Crippen LogP contribution in [0.5, 0.6) is 0 Å². The first-order valence-electron chi connectivity index (χ1n) is 9.91. The number of benzene rings is 2. The summed E-state index contributed by atoms with van der Waals surface area (Å²) >= 11 is 3.41. The van der Waals surface area contributed by atoms with Gasteiger partial charge in [-0.2, -0.15) is 5.10 Å². The lowest BCUT2D eigenvalue weighted by molar-refractivity contribution is -0.114. The van der Waals surface area contributed by atoms with E-state index in [1.54, 1.807) is 18.3 Å². The van der Waals surface area contributed by atoms with Crippen LogP contribution in [0.25, 0.3) is 16.7 Å². The van der Waals surface area contributed by atoms with E-state index in [9.17, 15) is 9.59 Å². The number of carbonyl (C=O) groups excluding carboxylic acids is 2. The van der Waals surface area contributed by atoms with Crippen LogP contribution in [0.3, 0.4) is 0 Å². The van der Waals surface area contributed by atoms with Gasteiger partial charge in [0.15, 0.2) is 5.76 Å². The van der Waals surface area contributed by atoms with Gasteiger partial charge in [-0.3, -0.25) is 9.59 Å². The fourth-order valence-electron chi connectivity index (χ4n) is 3.55. The molecule has 4 aromatic rings. The topological polar surface area (TPSA) is 88.6 Å². The molecule has 2 heterocycles. The second-order valence-corrected chi connectivity index (χ2v) is 8.30. The van der Waals surface area contributed by atoms with Crippen LogP contribution >= 0.6 is 15.9 Å². The van der Waals surface area contributed by atoms with Crippen LogP contribution in [-0.4, -0.2) is 22.6 Å². The van der Waals surface area contributed by atoms with Crippen LogP contribution in [-0.2, 0) is 4.79 Å². The number of aryl methyl sites for hydroxylation is 1. The van der Waals surface area contributed by atoms with Crippen LogP contribution in [0.15, 0.2) is 68.6 Å². The zero-order valence-corrected chi connectivity index (χ0v) is 19.4. The Hall–Kier alpha value is -3.65. The van der Waals surface area contributed by atoms with E-state index in [1.807, 2.05) is 56.3 Å². The van der Waals surface area contributed by atoms with E-state index >= 15 is 0 Å². The highest BCUT2D eigenvalue weighted by molar-refractivity contribution is 9.10. The van der Waals surface area contributed by atoms with Gasteiger partial charge in [-0.1, -0.05) is 15.9 Å². The van der Waals surface area contributed by atoms with Crippen LogP contribution in [0.4, 0.5) is 5.69 Å². The fraction of sp³-hybridized carbons (Fsp3) is 0.125. The number of furan rings is 1. The highest BCUT2D eigenvalue weighted by atomic mass is 79.9. The molecule has 2 N–H and O–H groups in total. The summed E-state index contributed by atoms with van der Waals surface area (Å²) in [4.78, 5) is 23.6. The lowest BCUT2D eigenvalue weighted by Crippen LogP contribution is -2.16. The molecule has 0 fully saturated rings. The number of nitrogens with one attached hydrogen (secondary N) is 2. The molecule has 0 unspecified atom stereocenters. The number of aromatic nitrogens is 1. The summed E-state index contributed by atoms with van der Waals surface area (Å²) in [7, 11) is 0. The van der Waals surface area contributed by atoms with Gasteiger partial charge in [0.25, 0.3) is 0 Å². The highest BCUT2D eigenvalue weighted by Gasteiger charge is 2.13. The van der Waals surface area contributed by atoms with Gasteiger partial charge in [0, 0.05) is 45.1 Å². The molecule has 2 amide bonds. The molecule has 0 bridgehead atoms. The molecule has 0 spiro atoms. The Morgan fingerprint density at radius 1 is 1.06 bits per heavy atom. The highest BCUT2D eigenvalue weighted by Crippen LogP contribution is 2.24. The molecular formula is C24H21BrN4O3. The minimum Gasteiger partial charge on any atom is -0.451 e. The molecule has 0 aliphatic carbocycles. The van der Waals surface area contributed by atoms with Gasteiger partial charge >= 0.3 is 5.91 Å². The van der Waals surface area contributed by atoms with Crippen molar-refractivity contribution < 1.29 is 14.0 Å². The number of hydrogen-bond acceptors (Lipinski definition) is 4. The summed E-state index contributed by atoms with van der Waals surface area (Å²) in [6.07, 6.45) is 1.61. The second-order valence-electron chi connectivity index (χ2n) is 7.38. The monoisotopic (exact) mass is 492 g/mol. The SMILES string of the molecule is CC(=O)Nc1ccc(-n2c(C)cc(/C=N/NC(=O)c3cc4cc(Br)ccc4o3)c2C)cc1. The third-order valence-corrected chi connectivity index (χ3v) is 5.48. The number of fused-ring (bicyclic) bond motifs is 1. The number of hydrazone groups is 1. The number of amides is 2. The number of nitrogens with zero attached hydrogens (tertiary/aromatic N) is 2. The summed E-state index contributed by atoms with van der Waals surface area (Å²) in [5.74, 6) is -0.335. The maximum atomic E-state index is 12.4. The van der Waals surface area contributed by atoms with Crippen molar-refractivity contribution in [3.63, 3.8) is 0 Å². The van der Waals surface area contributed by atoms with Crippen molar-refractivity contribution in [3.8, 4) is 5.69 Å². The molecular weight excluding hydrogens is 472 g/mol. The summed E-state index contributed by atoms with van der Waals surface area (Å²) in [6.45, 7) is 5.46. The number of rotatable bonds is 5. The standard InChI is InChI=1S/C24H21BrN4O3/c1-14-10-18(15(2)29(14)21-7-5-20(6-8-21)27-16(3)30)13-26-28-24(31)23-12-17-11-19(25)4-9-22(17)32-23/h4-13H,1-3H3,(H,27,30)(H,28,31)/b26-13+. The molecule has 2 aromatic carbocycles. The van der Waals surface area contributed by atoms with E-state index < -0.39 is 5.91 Å². The normalized spacial score (nSPS) is 11.2. The summed E-state index contributed by atoms with van der Waals surface area (Å²) in [5, 5.41) is 7.70. The Kier molecular flexibility index (Phi) is 5.96. The zero-order valence-electron chi connectivity index (χ0n) is 17.8. The van der Waals surface area contributed by atoms with Gasteiger partial charge in [0.05, 0.1) is 6.21 Å². The summed E-state index contributed by atoms with van der Waals surface area (Å²) in [5.41, 5.74) is 7.73. The number of halogens is 1. The maximum absolute atomic E-state index is 12.4. The third-order valence-electron chi connectivity index (χ3n) is 4.99. The van der Waals surface area contributed by atoms with Gasteiger partial charge in [-0.05, 0) is 68.4 Å². The molecule has 0 aliphatic heterocycles. The molecule has 0 radical (unpaired) electrons. The molecule has 0 saturated carbocycles. The summed E-state index contributed by atoms with van der Waals surface area (Å²) in [6, 6.07) is 16.8. The molecule has 8 heteroatoms. The van der Waals surface area contributed by atoms with Crippen molar-refractivity contribution in [2.45, 2.75) is 20.8 Å². The van der Waals surface area contributed by atoms with Crippen LogP contribution < -0.4 is 10.7 Å². The van der Waals surface area contributed by atoms with Gasteiger partial charge in [-0.15, -0.1) is 0 Å². The fourth-order valence-corrected chi connectivity index (χ4v) is 3.93. The minimum absolute atomic E-state index is 0.109. The Labute approximate surface area is 193 Å². The second kappa shape index (κ2) is 8.84. The molecule has 0 aliphatic rings. The average Bonchev–Trinajstić information content (AvgIpc) is 3.28. The van der Waals surface area contributed by atoms with E-state index in [0.717, 1.165) is 38.2 Å². The minimum atomic E-state index is -0.420. The number of anilines is 1. The smallest absolute Gasteiger partial charge is 0.307 e. The Morgan fingerprint density at radius 3 is 2.53 bits per heavy atom. The van der Waals surface area contributed by atoms with Crippen molar-refractivity contribution in [3.05, 3.63) is 81.8 Å². The Balaban J connectivity index is 1.49. The quantitative estimate of drug-likeness (QED) is 0.291. The van der Waals surface area contributed by atoms with Crippen molar-refractivity contribution >= 4 is 50.6 Å². The van der Waals surface area contributed by atoms with Crippen LogP contribution in [0, 0.1) is 13.8 Å². The zero-order chi connectivity index (χ0) is 22.8. The van der Waals surface area contributed by atoms with Crippen molar-refractivity contribution in [1.29, 1.82) is 0 Å². The van der Waals surface area contributed by atoms with Gasteiger partial charge in [0.1, 0.15) is 5.58 Å².